The summed E-state index contributed by atoms with van der Waals surface area (Å²) >= 11 is 0. The highest BCUT2D eigenvalue weighted by Crippen LogP contribution is 2.44. The minimum Gasteiger partial charge on any atom is -0.465 e. The first-order valence-corrected chi connectivity index (χ1v) is 7.07. The third-order valence-electron chi connectivity index (χ3n) is 4.03. The van der Waals surface area contributed by atoms with Crippen LogP contribution in [0.25, 0.3) is 0 Å². The van der Waals surface area contributed by atoms with Gasteiger partial charge in [0.15, 0.2) is 5.92 Å². The van der Waals surface area contributed by atoms with E-state index in [4.69, 9.17) is 9.47 Å². The van der Waals surface area contributed by atoms with Gasteiger partial charge in [-0.25, -0.2) is 4.48 Å². The van der Waals surface area contributed by atoms with Crippen molar-refractivity contribution in [2.75, 3.05) is 19.7 Å². The molecule has 0 aromatic carbocycles. The van der Waals surface area contributed by atoms with Crippen LogP contribution in [-0.2, 0) is 14.3 Å². The highest BCUT2D eigenvalue weighted by Gasteiger charge is 2.66. The van der Waals surface area contributed by atoms with Crippen molar-refractivity contribution in [3.8, 4) is 0 Å². The Balaban J connectivity index is 2.05. The van der Waals surface area contributed by atoms with Gasteiger partial charge in [0.05, 0.1) is 13.2 Å². The van der Waals surface area contributed by atoms with Crippen molar-refractivity contribution >= 4 is 12.1 Å². The Hall–Kier alpha value is -1.10. The molecular formula is C14H24NO4+. The highest BCUT2D eigenvalue weighted by molar-refractivity contribution is 5.76. The molecule has 19 heavy (non-hydrogen) atoms. The van der Waals surface area contributed by atoms with Crippen LogP contribution in [0.1, 0.15) is 40.5 Å². The van der Waals surface area contributed by atoms with Gasteiger partial charge in [0.2, 0.25) is 0 Å². The molecule has 0 spiro atoms. The maximum absolute atomic E-state index is 12.4. The third kappa shape index (κ3) is 2.48. The van der Waals surface area contributed by atoms with Crippen molar-refractivity contribution in [3.05, 3.63) is 0 Å². The Morgan fingerprint density at radius 2 is 2.00 bits per heavy atom. The van der Waals surface area contributed by atoms with Crippen molar-refractivity contribution in [1.29, 1.82) is 0 Å². The number of hydrogen-bond acceptors (Lipinski definition) is 4. The Morgan fingerprint density at radius 1 is 1.32 bits per heavy atom. The first kappa shape index (κ1) is 14.3. The molecule has 0 aliphatic carbocycles. The lowest BCUT2D eigenvalue weighted by molar-refractivity contribution is -0.919. The zero-order valence-corrected chi connectivity index (χ0v) is 12.3. The van der Waals surface area contributed by atoms with Crippen LogP contribution >= 0.6 is 0 Å². The van der Waals surface area contributed by atoms with Gasteiger partial charge in [-0.15, -0.1) is 0 Å². The lowest BCUT2D eigenvalue weighted by atomic mass is 9.86. The summed E-state index contributed by atoms with van der Waals surface area (Å²) in [5.74, 6) is -0.290. The SMILES string of the molecule is CCOC(=O)C1C[N+]2(C(=O)OC(C)(C)C)CCC[C@@H]12. The zero-order chi connectivity index (χ0) is 14.3. The van der Waals surface area contributed by atoms with Crippen molar-refractivity contribution in [2.24, 2.45) is 5.92 Å². The third-order valence-corrected chi connectivity index (χ3v) is 4.03. The molecule has 0 saturated carbocycles. The maximum atomic E-state index is 12.4. The van der Waals surface area contributed by atoms with Gasteiger partial charge in [0.25, 0.3) is 0 Å². The molecule has 3 atom stereocenters. The summed E-state index contributed by atoms with van der Waals surface area (Å²) in [6, 6.07) is 0.0638. The fourth-order valence-electron chi connectivity index (χ4n) is 3.24. The van der Waals surface area contributed by atoms with Crippen molar-refractivity contribution < 1.29 is 23.5 Å². The first-order chi connectivity index (χ1) is 8.80. The van der Waals surface area contributed by atoms with Crippen LogP contribution < -0.4 is 0 Å². The van der Waals surface area contributed by atoms with Crippen LogP contribution in [0.5, 0.6) is 0 Å². The van der Waals surface area contributed by atoms with Crippen molar-refractivity contribution in [3.63, 3.8) is 0 Å². The lowest BCUT2D eigenvalue weighted by Crippen LogP contribution is -2.72. The van der Waals surface area contributed by atoms with E-state index in [1.807, 2.05) is 20.8 Å². The number of hydrogen-bond donors (Lipinski definition) is 0. The number of carbonyl (C=O) groups is 2. The Labute approximate surface area is 114 Å². The molecule has 2 unspecified atom stereocenters. The van der Waals surface area contributed by atoms with Gasteiger partial charge in [-0.2, -0.15) is 4.79 Å². The molecule has 2 saturated heterocycles. The Kier molecular flexibility index (Phi) is 3.60. The second-order valence-corrected chi connectivity index (χ2v) is 6.49. The number of ether oxygens (including phenoxy) is 2. The van der Waals surface area contributed by atoms with E-state index in [2.05, 4.69) is 0 Å². The molecule has 2 aliphatic rings. The molecule has 0 aromatic rings. The standard InChI is InChI=1S/C14H24NO4/c1-5-18-12(16)10-9-15(8-6-7-11(10)15)13(17)19-14(2,3)4/h10-11H,5-9H2,1-4H3/q+1/t10?,11-,15?/m0/s1. The second kappa shape index (κ2) is 4.78. The molecule has 2 heterocycles. The van der Waals surface area contributed by atoms with Gasteiger partial charge in [-0.1, -0.05) is 0 Å². The summed E-state index contributed by atoms with van der Waals surface area (Å²) in [6.45, 7) is 9.15. The summed E-state index contributed by atoms with van der Waals surface area (Å²) in [5.41, 5.74) is -0.480. The molecular weight excluding hydrogens is 246 g/mol. The summed E-state index contributed by atoms with van der Waals surface area (Å²) in [5, 5.41) is 0. The maximum Gasteiger partial charge on any atom is 0.516 e. The van der Waals surface area contributed by atoms with E-state index in [-0.39, 0.29) is 24.0 Å². The molecule has 0 N–H and O–H groups in total. The number of esters is 1. The van der Waals surface area contributed by atoms with Gasteiger partial charge in [0, 0.05) is 12.8 Å². The van der Waals surface area contributed by atoms with E-state index in [9.17, 15) is 9.59 Å². The van der Waals surface area contributed by atoms with Crippen LogP contribution in [0.3, 0.4) is 0 Å². The summed E-state index contributed by atoms with van der Waals surface area (Å²) in [7, 11) is 0. The average Bonchev–Trinajstić information content (AvgIpc) is 2.55. The van der Waals surface area contributed by atoms with Gasteiger partial charge in [-0.05, 0) is 27.7 Å². The van der Waals surface area contributed by atoms with Gasteiger partial charge < -0.3 is 9.47 Å². The molecule has 1 amide bonds. The van der Waals surface area contributed by atoms with Crippen LogP contribution in [0.15, 0.2) is 0 Å². The quantitative estimate of drug-likeness (QED) is 0.569. The molecule has 0 aromatic heterocycles. The summed E-state index contributed by atoms with van der Waals surface area (Å²) in [6.07, 6.45) is 1.69. The number of fused-ring (bicyclic) bond motifs is 1. The normalized spacial score (nSPS) is 33.3. The number of carbonyl (C=O) groups excluding carboxylic acids is 2. The second-order valence-electron chi connectivity index (χ2n) is 6.49. The largest absolute Gasteiger partial charge is 0.516 e. The minimum absolute atomic E-state index is 0.0638. The van der Waals surface area contributed by atoms with E-state index in [1.54, 1.807) is 6.92 Å². The molecule has 2 fully saturated rings. The van der Waals surface area contributed by atoms with Crippen molar-refractivity contribution in [1.82, 2.24) is 0 Å². The average molecular weight is 270 g/mol. The van der Waals surface area contributed by atoms with Crippen LogP contribution in [-0.4, -0.2) is 47.9 Å². The van der Waals surface area contributed by atoms with Crippen LogP contribution in [0, 0.1) is 5.92 Å². The van der Waals surface area contributed by atoms with Gasteiger partial charge >= 0.3 is 12.1 Å². The van der Waals surface area contributed by atoms with Gasteiger partial charge in [0.1, 0.15) is 18.2 Å². The number of amides is 1. The van der Waals surface area contributed by atoms with E-state index in [1.165, 1.54) is 0 Å². The molecule has 108 valence electrons. The zero-order valence-electron chi connectivity index (χ0n) is 12.3. The summed E-state index contributed by atoms with van der Waals surface area (Å²) in [4.78, 5) is 24.2. The molecule has 0 bridgehead atoms. The summed E-state index contributed by atoms with van der Waals surface area (Å²) < 4.78 is 10.9. The number of quaternary nitrogens is 1. The Bertz CT molecular complexity index is 387. The smallest absolute Gasteiger partial charge is 0.465 e. The Morgan fingerprint density at radius 3 is 2.58 bits per heavy atom. The lowest BCUT2D eigenvalue weighted by Gasteiger charge is -2.48. The minimum atomic E-state index is -0.480. The fourth-order valence-corrected chi connectivity index (χ4v) is 3.24. The fraction of sp³-hybridized carbons (Fsp3) is 0.857. The number of rotatable bonds is 2. The molecule has 2 aliphatic heterocycles. The molecule has 5 heteroatoms. The molecule has 5 nitrogen and oxygen atoms in total. The monoisotopic (exact) mass is 270 g/mol. The molecule has 2 rings (SSSR count). The first-order valence-electron chi connectivity index (χ1n) is 7.07. The van der Waals surface area contributed by atoms with E-state index in [0.29, 0.717) is 17.6 Å². The van der Waals surface area contributed by atoms with E-state index in [0.717, 1.165) is 19.4 Å². The highest BCUT2D eigenvalue weighted by atomic mass is 16.6. The topological polar surface area (TPSA) is 52.6 Å². The van der Waals surface area contributed by atoms with E-state index >= 15 is 0 Å². The van der Waals surface area contributed by atoms with Gasteiger partial charge in [-0.3, -0.25) is 4.79 Å². The van der Waals surface area contributed by atoms with E-state index < -0.39 is 5.60 Å². The predicted molar refractivity (Wildman–Crippen MR) is 69.4 cm³/mol. The predicted octanol–water partition coefficient (Wildman–Crippen LogP) is 2.09. The molecule has 0 radical (unpaired) electrons. The van der Waals surface area contributed by atoms with Crippen LogP contribution in [0.4, 0.5) is 4.79 Å². The number of nitrogens with zero attached hydrogens (tertiary/aromatic N) is 1. The van der Waals surface area contributed by atoms with Crippen LogP contribution in [0.2, 0.25) is 0 Å². The van der Waals surface area contributed by atoms with Crippen molar-refractivity contribution in [2.45, 2.75) is 52.2 Å².